The summed E-state index contributed by atoms with van der Waals surface area (Å²) in [6, 6.07) is 19.5. The molecular weight excluding hydrogens is 482 g/mol. The van der Waals surface area contributed by atoms with E-state index < -0.39 is 10.0 Å². The molecule has 6 nitrogen and oxygen atoms in total. The number of halogens is 1. The highest BCUT2D eigenvalue weighted by molar-refractivity contribution is 7.92. The second kappa shape index (κ2) is 11.1. The van der Waals surface area contributed by atoms with Gasteiger partial charge in [0.25, 0.3) is 15.9 Å². The molecule has 8 heteroatoms. The lowest BCUT2D eigenvalue weighted by molar-refractivity contribution is 0.0954. The summed E-state index contributed by atoms with van der Waals surface area (Å²) in [5, 5.41) is 3.60. The third-order valence-electron chi connectivity index (χ3n) is 6.14. The van der Waals surface area contributed by atoms with Crippen molar-refractivity contribution in [3.05, 3.63) is 88.4 Å². The van der Waals surface area contributed by atoms with Gasteiger partial charge >= 0.3 is 0 Å². The van der Waals surface area contributed by atoms with Gasteiger partial charge in [-0.25, -0.2) is 8.42 Å². The molecule has 1 aliphatic rings. The average Bonchev–Trinajstić information content (AvgIpc) is 2.86. The maximum absolute atomic E-state index is 13.1. The third kappa shape index (κ3) is 6.55. The van der Waals surface area contributed by atoms with E-state index in [9.17, 15) is 13.2 Å². The van der Waals surface area contributed by atoms with Crippen molar-refractivity contribution in [2.24, 2.45) is 0 Å². The number of carbonyl (C=O) groups excluding carboxylic acids is 1. The zero-order valence-electron chi connectivity index (χ0n) is 19.8. The Morgan fingerprint density at radius 2 is 1.63 bits per heavy atom. The molecule has 1 fully saturated rings. The zero-order chi connectivity index (χ0) is 24.8. The number of anilines is 2. The molecule has 1 heterocycles. The molecule has 1 amide bonds. The summed E-state index contributed by atoms with van der Waals surface area (Å²) in [5.41, 5.74) is 3.66. The largest absolute Gasteiger partial charge is 0.370 e. The van der Waals surface area contributed by atoms with Gasteiger partial charge in [0, 0.05) is 30.2 Å². The summed E-state index contributed by atoms with van der Waals surface area (Å²) in [6.45, 7) is 4.07. The number of aryl methyl sites for hydroxylation is 1. The van der Waals surface area contributed by atoms with E-state index in [2.05, 4.69) is 14.9 Å². The molecule has 4 rings (SSSR count). The van der Waals surface area contributed by atoms with Crippen molar-refractivity contribution in [2.45, 2.75) is 37.5 Å². The lowest BCUT2D eigenvalue weighted by Gasteiger charge is -2.31. The van der Waals surface area contributed by atoms with Crippen molar-refractivity contribution in [3.63, 3.8) is 0 Å². The van der Waals surface area contributed by atoms with E-state index in [4.69, 9.17) is 11.6 Å². The Kier molecular flexibility index (Phi) is 7.98. The van der Waals surface area contributed by atoms with Crippen LogP contribution < -0.4 is 14.9 Å². The first-order valence-electron chi connectivity index (χ1n) is 11.8. The van der Waals surface area contributed by atoms with Gasteiger partial charge in [0.15, 0.2) is 0 Å². The smallest absolute Gasteiger partial charge is 0.261 e. The van der Waals surface area contributed by atoms with Crippen LogP contribution in [0, 0.1) is 6.92 Å². The lowest BCUT2D eigenvalue weighted by atomic mass is 10.1. The molecule has 2 N–H and O–H groups in total. The van der Waals surface area contributed by atoms with Gasteiger partial charge in [0.05, 0.1) is 16.3 Å². The number of nitrogens with zero attached hydrogens (tertiary/aromatic N) is 1. The molecular formula is C27H30ClN3O3S. The number of carbonyl (C=O) groups is 1. The van der Waals surface area contributed by atoms with Crippen LogP contribution in [0.25, 0.3) is 0 Å². The molecule has 0 aromatic heterocycles. The van der Waals surface area contributed by atoms with E-state index in [0.29, 0.717) is 29.2 Å². The van der Waals surface area contributed by atoms with Crippen LogP contribution in [0.3, 0.4) is 0 Å². The van der Waals surface area contributed by atoms with Gasteiger partial charge in [0.1, 0.15) is 0 Å². The lowest BCUT2D eigenvalue weighted by Crippen LogP contribution is -2.31. The molecule has 0 atom stereocenters. The minimum absolute atomic E-state index is 0.186. The van der Waals surface area contributed by atoms with Crippen LogP contribution in [0.15, 0.2) is 71.6 Å². The van der Waals surface area contributed by atoms with Crippen molar-refractivity contribution in [2.75, 3.05) is 29.3 Å². The fraction of sp³-hybridized carbons (Fsp3) is 0.296. The Morgan fingerprint density at radius 3 is 2.31 bits per heavy atom. The number of hydrogen-bond donors (Lipinski definition) is 2. The summed E-state index contributed by atoms with van der Waals surface area (Å²) in [7, 11) is -3.81. The minimum Gasteiger partial charge on any atom is -0.370 e. The Labute approximate surface area is 212 Å². The number of rotatable bonds is 8. The van der Waals surface area contributed by atoms with E-state index >= 15 is 0 Å². The molecule has 35 heavy (non-hydrogen) atoms. The average molecular weight is 512 g/mol. The number of amides is 1. The second-order valence-electron chi connectivity index (χ2n) is 8.83. The van der Waals surface area contributed by atoms with Crippen molar-refractivity contribution < 1.29 is 13.2 Å². The highest BCUT2D eigenvalue weighted by atomic mass is 35.5. The summed E-state index contributed by atoms with van der Waals surface area (Å²) in [5.74, 6) is -0.250. The maximum atomic E-state index is 13.1. The fourth-order valence-electron chi connectivity index (χ4n) is 4.16. The third-order valence-corrected chi connectivity index (χ3v) is 7.78. The first-order chi connectivity index (χ1) is 16.8. The van der Waals surface area contributed by atoms with Crippen molar-refractivity contribution in [3.8, 4) is 0 Å². The van der Waals surface area contributed by atoms with Gasteiger partial charge in [-0.2, -0.15) is 0 Å². The first-order valence-corrected chi connectivity index (χ1v) is 13.7. The van der Waals surface area contributed by atoms with E-state index in [1.165, 1.54) is 0 Å². The molecule has 0 bridgehead atoms. The SMILES string of the molecule is Cc1ccc(S(=O)(=O)Nc2cc(C(=O)NCCc3ccc(Cl)cc3)ccc2N2CCCCC2)cc1. The molecule has 0 unspecified atom stereocenters. The number of piperidine rings is 1. The van der Waals surface area contributed by atoms with E-state index in [1.807, 2.05) is 37.3 Å². The molecule has 0 aliphatic carbocycles. The predicted octanol–water partition coefficient (Wildman–Crippen LogP) is 5.41. The van der Waals surface area contributed by atoms with Crippen LogP contribution in [0.1, 0.15) is 40.7 Å². The number of nitrogens with one attached hydrogen (secondary N) is 2. The normalized spacial score (nSPS) is 13.9. The van der Waals surface area contributed by atoms with Crippen LogP contribution in [0.2, 0.25) is 5.02 Å². The Bertz CT molecular complexity index is 1270. The number of hydrogen-bond acceptors (Lipinski definition) is 4. The summed E-state index contributed by atoms with van der Waals surface area (Å²) in [4.78, 5) is 15.2. The number of sulfonamides is 1. The summed E-state index contributed by atoms with van der Waals surface area (Å²) >= 11 is 5.93. The molecule has 3 aromatic carbocycles. The van der Waals surface area contributed by atoms with Crippen molar-refractivity contribution in [1.82, 2.24) is 5.32 Å². The zero-order valence-corrected chi connectivity index (χ0v) is 21.3. The van der Waals surface area contributed by atoms with Gasteiger partial charge in [-0.1, -0.05) is 41.4 Å². The molecule has 0 radical (unpaired) electrons. The maximum Gasteiger partial charge on any atom is 0.261 e. The van der Waals surface area contributed by atoms with Crippen molar-refractivity contribution in [1.29, 1.82) is 0 Å². The predicted molar refractivity (Wildman–Crippen MR) is 142 cm³/mol. The first kappa shape index (κ1) is 25.1. The molecule has 0 spiro atoms. The van der Waals surface area contributed by atoms with E-state index in [0.717, 1.165) is 49.2 Å². The van der Waals surface area contributed by atoms with E-state index in [-0.39, 0.29) is 10.8 Å². The Hall–Kier alpha value is -3.03. The summed E-state index contributed by atoms with van der Waals surface area (Å²) in [6.07, 6.45) is 3.94. The molecule has 1 saturated heterocycles. The van der Waals surface area contributed by atoms with Crippen LogP contribution in [0.4, 0.5) is 11.4 Å². The van der Waals surface area contributed by atoms with Gasteiger partial charge in [-0.3, -0.25) is 9.52 Å². The fourth-order valence-corrected chi connectivity index (χ4v) is 5.36. The van der Waals surface area contributed by atoms with Crippen LogP contribution in [-0.2, 0) is 16.4 Å². The number of benzene rings is 3. The minimum atomic E-state index is -3.81. The molecule has 0 saturated carbocycles. The van der Waals surface area contributed by atoms with Gasteiger partial charge in [0.2, 0.25) is 0 Å². The summed E-state index contributed by atoms with van der Waals surface area (Å²) < 4.78 is 29.0. The Morgan fingerprint density at radius 1 is 0.943 bits per heavy atom. The van der Waals surface area contributed by atoms with Crippen molar-refractivity contribution >= 4 is 38.9 Å². The quantitative estimate of drug-likeness (QED) is 0.423. The van der Waals surface area contributed by atoms with Crippen LogP contribution in [0.5, 0.6) is 0 Å². The highest BCUT2D eigenvalue weighted by Crippen LogP contribution is 2.31. The molecule has 3 aromatic rings. The van der Waals surface area contributed by atoms with E-state index in [1.54, 1.807) is 36.4 Å². The van der Waals surface area contributed by atoms with Crippen LogP contribution in [-0.4, -0.2) is 34.0 Å². The topological polar surface area (TPSA) is 78.5 Å². The van der Waals surface area contributed by atoms with Gasteiger partial charge in [-0.15, -0.1) is 0 Å². The highest BCUT2D eigenvalue weighted by Gasteiger charge is 2.21. The Balaban J connectivity index is 1.54. The second-order valence-corrected chi connectivity index (χ2v) is 10.9. The van der Waals surface area contributed by atoms with Gasteiger partial charge < -0.3 is 10.2 Å². The monoisotopic (exact) mass is 511 g/mol. The molecule has 184 valence electrons. The molecule has 1 aliphatic heterocycles. The van der Waals surface area contributed by atoms with Crippen LogP contribution >= 0.6 is 11.6 Å². The standard InChI is InChI=1S/C27H30ClN3O3S/c1-20-5-12-24(13-6-20)35(33,34)30-25-19-22(9-14-26(25)31-17-3-2-4-18-31)27(32)29-16-15-21-7-10-23(28)11-8-21/h5-14,19,30H,2-4,15-18H2,1H3,(H,29,32). The van der Waals surface area contributed by atoms with Gasteiger partial charge in [-0.05, 0) is 80.6 Å².